The zero-order valence-corrected chi connectivity index (χ0v) is 14.7. The second-order valence-electron chi connectivity index (χ2n) is 5.22. The molecule has 130 valence electrons. The third-order valence-electron chi connectivity index (χ3n) is 3.71. The standard InChI is InChI=1S/C16H17N5O3S/c1-8-19-15(12(14(17)25)16-18-4-5-21(8)16)20-9-6-10(23-2)13(22)11(7-9)24-3/h4-7,20,22H,1-3H3,(H2,17,25). The maximum atomic E-state index is 10.0. The first-order chi connectivity index (χ1) is 12.0. The first-order valence-corrected chi connectivity index (χ1v) is 7.72. The minimum atomic E-state index is -0.0852. The van der Waals surface area contributed by atoms with Gasteiger partial charge in [-0.3, -0.25) is 4.40 Å². The lowest BCUT2D eigenvalue weighted by atomic mass is 10.2. The molecule has 0 radical (unpaired) electrons. The molecular weight excluding hydrogens is 342 g/mol. The summed E-state index contributed by atoms with van der Waals surface area (Å²) in [6, 6.07) is 3.24. The van der Waals surface area contributed by atoms with Crippen LogP contribution in [0.2, 0.25) is 0 Å². The Morgan fingerprint density at radius 1 is 1.28 bits per heavy atom. The number of nitrogens with two attached hydrogens (primary N) is 1. The summed E-state index contributed by atoms with van der Waals surface area (Å²) in [5.74, 6) is 1.61. The first kappa shape index (κ1) is 16.8. The fourth-order valence-corrected chi connectivity index (χ4v) is 2.73. The number of aryl methyl sites for hydroxylation is 1. The number of thiocarbonyl (C=S) groups is 1. The van der Waals surface area contributed by atoms with Crippen LogP contribution in [0.5, 0.6) is 17.2 Å². The Balaban J connectivity index is 2.15. The molecule has 3 aromatic rings. The fraction of sp³-hybridized carbons (Fsp3) is 0.188. The maximum Gasteiger partial charge on any atom is 0.200 e. The van der Waals surface area contributed by atoms with E-state index in [-0.39, 0.29) is 22.2 Å². The quantitative estimate of drug-likeness (QED) is 0.470. The number of anilines is 2. The molecule has 8 nitrogen and oxygen atoms in total. The molecule has 4 N–H and O–H groups in total. The predicted molar refractivity (Wildman–Crippen MR) is 98.1 cm³/mol. The van der Waals surface area contributed by atoms with Crippen molar-refractivity contribution >= 4 is 34.4 Å². The molecule has 1 aromatic carbocycles. The van der Waals surface area contributed by atoms with E-state index in [1.165, 1.54) is 14.2 Å². The number of hydrogen-bond donors (Lipinski definition) is 3. The minimum absolute atomic E-state index is 0.0852. The molecule has 0 unspecified atom stereocenters. The summed E-state index contributed by atoms with van der Waals surface area (Å²) in [7, 11) is 2.91. The highest BCUT2D eigenvalue weighted by Crippen LogP contribution is 2.39. The van der Waals surface area contributed by atoms with Gasteiger partial charge in [-0.15, -0.1) is 0 Å². The SMILES string of the molecule is COc1cc(Nc2nc(C)n3ccnc3c2C(N)=S)cc(OC)c1O. The van der Waals surface area contributed by atoms with Gasteiger partial charge in [0.05, 0.1) is 19.8 Å². The first-order valence-electron chi connectivity index (χ1n) is 7.31. The van der Waals surface area contributed by atoms with Gasteiger partial charge in [0.1, 0.15) is 16.6 Å². The van der Waals surface area contributed by atoms with Crippen molar-refractivity contribution in [2.75, 3.05) is 19.5 Å². The van der Waals surface area contributed by atoms with Gasteiger partial charge in [0, 0.05) is 30.2 Å². The van der Waals surface area contributed by atoms with Crippen LogP contribution in [0.3, 0.4) is 0 Å². The molecule has 3 rings (SSSR count). The zero-order chi connectivity index (χ0) is 18.1. The van der Waals surface area contributed by atoms with Crippen molar-refractivity contribution in [3.63, 3.8) is 0 Å². The number of aromatic nitrogens is 3. The summed E-state index contributed by atoms with van der Waals surface area (Å²) >= 11 is 5.18. The summed E-state index contributed by atoms with van der Waals surface area (Å²) < 4.78 is 12.1. The third-order valence-corrected chi connectivity index (χ3v) is 3.92. The Kier molecular flexibility index (Phi) is 4.32. The number of benzene rings is 1. The van der Waals surface area contributed by atoms with E-state index in [0.29, 0.717) is 28.5 Å². The van der Waals surface area contributed by atoms with Crippen LogP contribution >= 0.6 is 12.2 Å². The van der Waals surface area contributed by atoms with Crippen LogP contribution in [0.25, 0.3) is 5.65 Å². The van der Waals surface area contributed by atoms with E-state index in [0.717, 1.165) is 0 Å². The van der Waals surface area contributed by atoms with Gasteiger partial charge in [-0.2, -0.15) is 0 Å². The molecule has 25 heavy (non-hydrogen) atoms. The fourth-order valence-electron chi connectivity index (χ4n) is 2.55. The van der Waals surface area contributed by atoms with Crippen molar-refractivity contribution < 1.29 is 14.6 Å². The largest absolute Gasteiger partial charge is 0.502 e. The number of nitrogens with one attached hydrogen (secondary N) is 1. The molecule has 0 aliphatic carbocycles. The Labute approximate surface area is 149 Å². The molecule has 0 atom stereocenters. The van der Waals surface area contributed by atoms with E-state index >= 15 is 0 Å². The number of hydrogen-bond acceptors (Lipinski definition) is 7. The van der Waals surface area contributed by atoms with Gasteiger partial charge < -0.3 is 25.6 Å². The third kappa shape index (κ3) is 2.89. The van der Waals surface area contributed by atoms with Crippen LogP contribution < -0.4 is 20.5 Å². The van der Waals surface area contributed by atoms with E-state index in [4.69, 9.17) is 27.4 Å². The summed E-state index contributed by atoms with van der Waals surface area (Å²) in [5.41, 5.74) is 7.61. The van der Waals surface area contributed by atoms with E-state index in [9.17, 15) is 5.11 Å². The Morgan fingerprint density at radius 3 is 2.48 bits per heavy atom. The molecule has 2 heterocycles. The number of rotatable bonds is 5. The molecule has 0 fully saturated rings. The number of phenols is 1. The highest BCUT2D eigenvalue weighted by Gasteiger charge is 2.18. The molecule has 0 spiro atoms. The summed E-state index contributed by atoms with van der Waals surface area (Å²) in [6.07, 6.45) is 3.44. The number of imidazole rings is 1. The van der Waals surface area contributed by atoms with Crippen molar-refractivity contribution in [1.29, 1.82) is 0 Å². The van der Waals surface area contributed by atoms with Crippen molar-refractivity contribution in [1.82, 2.24) is 14.4 Å². The second-order valence-corrected chi connectivity index (χ2v) is 5.66. The number of fused-ring (bicyclic) bond motifs is 1. The van der Waals surface area contributed by atoms with Gasteiger partial charge in [0.2, 0.25) is 5.75 Å². The summed E-state index contributed by atoms with van der Waals surface area (Å²) in [4.78, 5) is 9.00. The highest BCUT2D eigenvalue weighted by atomic mass is 32.1. The van der Waals surface area contributed by atoms with E-state index < -0.39 is 0 Å². The van der Waals surface area contributed by atoms with Crippen LogP contribution in [0.4, 0.5) is 11.5 Å². The topological polar surface area (TPSA) is 107 Å². The van der Waals surface area contributed by atoms with Crippen molar-refractivity contribution in [3.05, 3.63) is 35.9 Å². The summed E-state index contributed by atoms with van der Waals surface area (Å²) in [5, 5.41) is 13.2. The molecule has 2 aromatic heterocycles. The van der Waals surface area contributed by atoms with Crippen LogP contribution in [0.1, 0.15) is 11.4 Å². The Hall–Kier alpha value is -3.07. The maximum absolute atomic E-state index is 10.0. The number of nitrogens with zero attached hydrogens (tertiary/aromatic N) is 3. The van der Waals surface area contributed by atoms with E-state index in [1.807, 2.05) is 6.92 Å². The van der Waals surface area contributed by atoms with Gasteiger partial charge in [-0.1, -0.05) is 12.2 Å². The van der Waals surface area contributed by atoms with Crippen LogP contribution in [0.15, 0.2) is 24.5 Å². The second kappa shape index (κ2) is 6.44. The minimum Gasteiger partial charge on any atom is -0.502 e. The molecule has 0 saturated carbocycles. The van der Waals surface area contributed by atoms with Crippen LogP contribution in [-0.4, -0.2) is 38.7 Å². The van der Waals surface area contributed by atoms with Gasteiger partial charge in [0.15, 0.2) is 17.1 Å². The normalized spacial score (nSPS) is 10.7. The number of methoxy groups -OCH3 is 2. The van der Waals surface area contributed by atoms with Gasteiger partial charge >= 0.3 is 0 Å². The van der Waals surface area contributed by atoms with Gasteiger partial charge in [-0.25, -0.2) is 9.97 Å². The molecule has 0 amide bonds. The molecular formula is C16H17N5O3S. The monoisotopic (exact) mass is 359 g/mol. The number of aromatic hydroxyl groups is 1. The molecule has 0 saturated heterocycles. The average molecular weight is 359 g/mol. The lowest BCUT2D eigenvalue weighted by Gasteiger charge is -2.15. The van der Waals surface area contributed by atoms with Crippen molar-refractivity contribution in [2.45, 2.75) is 6.92 Å². The van der Waals surface area contributed by atoms with Gasteiger partial charge in [0.25, 0.3) is 0 Å². The van der Waals surface area contributed by atoms with Crippen LogP contribution in [-0.2, 0) is 0 Å². The van der Waals surface area contributed by atoms with E-state index in [2.05, 4.69) is 15.3 Å². The molecule has 0 aliphatic rings. The predicted octanol–water partition coefficient (Wildman–Crippen LogP) is 2.14. The van der Waals surface area contributed by atoms with Crippen LogP contribution in [0, 0.1) is 6.92 Å². The summed E-state index contributed by atoms with van der Waals surface area (Å²) in [6.45, 7) is 1.85. The zero-order valence-electron chi connectivity index (χ0n) is 13.9. The Morgan fingerprint density at radius 2 is 1.92 bits per heavy atom. The molecule has 0 aliphatic heterocycles. The number of phenolic OH excluding ortho intramolecular Hbond substituents is 1. The van der Waals surface area contributed by atoms with E-state index in [1.54, 1.807) is 28.9 Å². The van der Waals surface area contributed by atoms with Crippen molar-refractivity contribution in [3.8, 4) is 17.2 Å². The smallest absolute Gasteiger partial charge is 0.200 e. The molecule has 9 heteroatoms. The van der Waals surface area contributed by atoms with Crippen molar-refractivity contribution in [2.24, 2.45) is 5.73 Å². The lowest BCUT2D eigenvalue weighted by Crippen LogP contribution is -2.16. The lowest BCUT2D eigenvalue weighted by molar-refractivity contribution is 0.340. The average Bonchev–Trinajstić information content (AvgIpc) is 3.05. The number of ether oxygens (including phenoxy) is 2. The molecule has 0 bridgehead atoms. The Bertz CT molecular complexity index is 945. The van der Waals surface area contributed by atoms with Gasteiger partial charge in [-0.05, 0) is 6.92 Å². The highest BCUT2D eigenvalue weighted by molar-refractivity contribution is 7.80.